The number of carbonyl (C=O) groups is 2. The molecule has 0 aliphatic carbocycles. The van der Waals surface area contributed by atoms with Crippen molar-refractivity contribution >= 4 is 11.8 Å². The van der Waals surface area contributed by atoms with E-state index in [1.54, 1.807) is 0 Å². The first-order valence-electron chi connectivity index (χ1n) is 22.5. The molecular formula is C39H66N2O30. The maximum absolute atomic E-state index is 12.8. The molecule has 0 aromatic carbocycles. The lowest BCUT2D eigenvalue weighted by molar-refractivity contribution is -0.392. The Labute approximate surface area is 402 Å². The molecule has 32 heteroatoms. The molecule has 1 unspecified atom stereocenters. The summed E-state index contributed by atoms with van der Waals surface area (Å²) in [4.78, 5) is 24.6. The lowest BCUT2D eigenvalue weighted by Crippen LogP contribution is -2.71. The summed E-state index contributed by atoms with van der Waals surface area (Å²) in [5.41, 5.74) is 0. The largest absolute Gasteiger partial charge is 0.394 e. The second kappa shape index (κ2) is 25.1. The van der Waals surface area contributed by atoms with E-state index in [0.29, 0.717) is 0 Å². The van der Waals surface area contributed by atoms with Gasteiger partial charge >= 0.3 is 0 Å². The molecule has 6 aliphatic rings. The number of rotatable bonds is 17. The van der Waals surface area contributed by atoms with E-state index in [4.69, 9.17) is 52.1 Å². The molecule has 412 valence electrons. The normalized spacial score (nSPS) is 49.8. The van der Waals surface area contributed by atoms with Gasteiger partial charge in [-0.3, -0.25) is 9.59 Å². The van der Waals surface area contributed by atoms with Crippen LogP contribution in [0.4, 0.5) is 0 Å². The molecule has 2 amide bonds. The molecule has 0 aromatic rings. The minimum absolute atomic E-state index is 0.617. The van der Waals surface area contributed by atoms with E-state index in [2.05, 4.69) is 10.6 Å². The molecule has 6 rings (SSSR count). The number of amides is 2. The zero-order valence-electron chi connectivity index (χ0n) is 37.9. The van der Waals surface area contributed by atoms with Crippen molar-refractivity contribution in [2.45, 2.75) is 192 Å². The first kappa shape index (κ1) is 58.1. The van der Waals surface area contributed by atoms with Crippen molar-refractivity contribution in [2.24, 2.45) is 0 Å². The molecule has 0 saturated carbocycles. The van der Waals surface area contributed by atoms with Crippen LogP contribution in [0.3, 0.4) is 0 Å². The van der Waals surface area contributed by atoms with Crippen LogP contribution < -0.4 is 10.6 Å². The van der Waals surface area contributed by atoms with Crippen molar-refractivity contribution < 1.29 is 149 Å². The molecule has 0 spiro atoms. The summed E-state index contributed by atoms with van der Waals surface area (Å²) in [6, 6.07) is -3.29. The van der Waals surface area contributed by atoms with E-state index in [9.17, 15) is 96.4 Å². The number of ether oxygens (including phenoxy) is 11. The number of carbonyl (C=O) groups excluding carboxylic acids is 2. The van der Waals surface area contributed by atoms with Gasteiger partial charge in [0.2, 0.25) is 11.8 Å². The Bertz CT molecular complexity index is 1690. The maximum Gasteiger partial charge on any atom is 0.217 e. The van der Waals surface area contributed by atoms with E-state index < -0.39 is 229 Å². The number of aliphatic hydroxyl groups is 17. The summed E-state index contributed by atoms with van der Waals surface area (Å²) >= 11 is 0. The Morgan fingerprint density at radius 2 is 0.803 bits per heavy atom. The molecule has 0 aromatic heterocycles. The van der Waals surface area contributed by atoms with Crippen LogP contribution in [0.2, 0.25) is 0 Å². The number of nitrogens with one attached hydrogen (secondary N) is 2. The average Bonchev–Trinajstić information content (AvgIpc) is 3.33. The van der Waals surface area contributed by atoms with Crippen molar-refractivity contribution in [2.75, 3.05) is 39.6 Å². The predicted molar refractivity (Wildman–Crippen MR) is 216 cm³/mol. The van der Waals surface area contributed by atoms with Gasteiger partial charge in [0.05, 0.1) is 39.6 Å². The maximum atomic E-state index is 12.8. The van der Waals surface area contributed by atoms with Crippen LogP contribution in [-0.2, 0) is 61.7 Å². The highest BCUT2D eigenvalue weighted by Gasteiger charge is 2.58. The van der Waals surface area contributed by atoms with Crippen LogP contribution in [0, 0.1) is 0 Å². The summed E-state index contributed by atoms with van der Waals surface area (Å²) < 4.78 is 63.1. The zero-order chi connectivity index (χ0) is 52.3. The van der Waals surface area contributed by atoms with Crippen LogP contribution in [0.1, 0.15) is 13.8 Å². The summed E-state index contributed by atoms with van der Waals surface area (Å²) in [6.45, 7) is -3.42. The minimum atomic E-state index is -2.26. The van der Waals surface area contributed by atoms with Crippen molar-refractivity contribution in [3.05, 3.63) is 0 Å². The van der Waals surface area contributed by atoms with Crippen LogP contribution in [0.25, 0.3) is 0 Å². The van der Waals surface area contributed by atoms with Gasteiger partial charge in [0.25, 0.3) is 0 Å². The highest BCUT2D eigenvalue weighted by atomic mass is 16.8. The molecule has 0 radical (unpaired) electrons. The van der Waals surface area contributed by atoms with E-state index in [1.165, 1.54) is 0 Å². The predicted octanol–water partition coefficient (Wildman–Crippen LogP) is -13.2. The van der Waals surface area contributed by atoms with Gasteiger partial charge in [0.1, 0.15) is 140 Å². The SMILES string of the molecule is CC(=O)N[C@H]1[C@H](O[C@H]2[C@H](O)[C@H](O)[C@@H](O[C@@H]3[C@H](O)[C@H](O[C@H]4[C@H](O)[C@@H](NC(C)=O)C(O)O[C@@H]4CO)O[C@H](CO)[C@H]3O)O[C@@H]2CO)O[C@H](CO)[C@@H](O[C@@H]2O[C@H](CO)[C@H](O)[C@H](O)[C@H]2O)[C@@H]1O[C@@H]1OC[C@@H](O)[C@@H](O)[C@@H]1O. The molecule has 71 heavy (non-hydrogen) atoms. The third kappa shape index (κ3) is 12.6. The third-order valence-corrected chi connectivity index (χ3v) is 12.8. The van der Waals surface area contributed by atoms with Gasteiger partial charge in [-0.1, -0.05) is 0 Å². The lowest BCUT2D eigenvalue weighted by atomic mass is 9.93. The average molecular weight is 1040 g/mol. The molecule has 6 heterocycles. The number of hydrogen-bond donors (Lipinski definition) is 19. The van der Waals surface area contributed by atoms with Gasteiger partial charge in [-0.25, -0.2) is 0 Å². The van der Waals surface area contributed by atoms with E-state index in [0.717, 1.165) is 13.8 Å². The Hall–Kier alpha value is -2.18. The topological polar surface area (TPSA) is 504 Å². The van der Waals surface area contributed by atoms with Crippen LogP contribution in [0.5, 0.6) is 0 Å². The Balaban J connectivity index is 1.24. The minimum Gasteiger partial charge on any atom is -0.394 e. The van der Waals surface area contributed by atoms with Crippen LogP contribution >= 0.6 is 0 Å². The molecule has 0 bridgehead atoms. The summed E-state index contributed by atoms with van der Waals surface area (Å²) in [7, 11) is 0. The molecule has 19 N–H and O–H groups in total. The van der Waals surface area contributed by atoms with Crippen LogP contribution in [-0.4, -0.2) is 316 Å². The van der Waals surface area contributed by atoms with E-state index >= 15 is 0 Å². The Morgan fingerprint density at radius 1 is 0.394 bits per heavy atom. The second-order valence-corrected chi connectivity index (χ2v) is 17.8. The van der Waals surface area contributed by atoms with Crippen LogP contribution in [0.15, 0.2) is 0 Å². The molecule has 6 fully saturated rings. The van der Waals surface area contributed by atoms with Crippen molar-refractivity contribution in [1.29, 1.82) is 0 Å². The zero-order valence-corrected chi connectivity index (χ0v) is 37.9. The first-order chi connectivity index (χ1) is 33.6. The van der Waals surface area contributed by atoms with Gasteiger partial charge < -0.3 is 150 Å². The van der Waals surface area contributed by atoms with Crippen molar-refractivity contribution in [1.82, 2.24) is 10.6 Å². The summed E-state index contributed by atoms with van der Waals surface area (Å²) in [6.07, 6.45) is -51.0. The van der Waals surface area contributed by atoms with Gasteiger partial charge in [0.15, 0.2) is 37.7 Å². The smallest absolute Gasteiger partial charge is 0.217 e. The fourth-order valence-electron chi connectivity index (χ4n) is 9.03. The number of aliphatic hydroxyl groups excluding tert-OH is 17. The Morgan fingerprint density at radius 3 is 1.38 bits per heavy atom. The summed E-state index contributed by atoms with van der Waals surface area (Å²) in [5.74, 6) is -1.57. The third-order valence-electron chi connectivity index (χ3n) is 12.8. The highest BCUT2D eigenvalue weighted by molar-refractivity contribution is 5.73. The summed E-state index contributed by atoms with van der Waals surface area (Å²) in [5, 5.41) is 186. The molecule has 32 nitrogen and oxygen atoms in total. The molecule has 6 aliphatic heterocycles. The van der Waals surface area contributed by atoms with Gasteiger partial charge in [-0.15, -0.1) is 0 Å². The Kier molecular flexibility index (Phi) is 20.5. The quantitative estimate of drug-likeness (QED) is 0.0643. The molecule has 6 saturated heterocycles. The monoisotopic (exact) mass is 1040 g/mol. The highest BCUT2D eigenvalue weighted by Crippen LogP contribution is 2.37. The van der Waals surface area contributed by atoms with E-state index in [-0.39, 0.29) is 0 Å². The molecular weight excluding hydrogens is 976 g/mol. The first-order valence-corrected chi connectivity index (χ1v) is 22.5. The van der Waals surface area contributed by atoms with Gasteiger partial charge in [-0.2, -0.15) is 0 Å². The molecule has 29 atom stereocenters. The fourth-order valence-corrected chi connectivity index (χ4v) is 9.03. The number of hydrogen-bond acceptors (Lipinski definition) is 30. The lowest BCUT2D eigenvalue weighted by Gasteiger charge is -2.51. The van der Waals surface area contributed by atoms with Gasteiger partial charge in [-0.05, 0) is 0 Å². The second-order valence-electron chi connectivity index (χ2n) is 17.8. The van der Waals surface area contributed by atoms with Crippen molar-refractivity contribution in [3.63, 3.8) is 0 Å². The fraction of sp³-hybridized carbons (Fsp3) is 0.949. The van der Waals surface area contributed by atoms with Crippen molar-refractivity contribution in [3.8, 4) is 0 Å². The standard InChI is InChI=1S/C39H66N2O30/c1-9(47)40-17-22(53)29(14(5-44)62-34(17)60)68-39-28(59)33(21(52)13(4-43)64-39)71-38-27(58)24(55)30(15(6-45)66-38)67-35-18(41-10(2)48)32(70-36-25(56)19(50)11(49)8-61-36)31(16(7-46)65-35)69-37-26(57)23(54)20(51)12(3-42)63-37/h11-39,42-46,49-60H,3-8H2,1-2H3,(H,40,47)(H,41,48)/t11-,12-,13-,14-,15-,16-,17-,18-,19-,20+,21-,22-,23+,24-,25+,26-,27+,28+,29-,30-,31-,32-,33+,34?,35+,36+,37+,38-,39+/m1/s1. The van der Waals surface area contributed by atoms with E-state index in [1.807, 2.05) is 0 Å². The van der Waals surface area contributed by atoms with Gasteiger partial charge in [0, 0.05) is 13.8 Å².